The van der Waals surface area contributed by atoms with Crippen LogP contribution >= 0.6 is 0 Å². The first-order valence-corrected chi connectivity index (χ1v) is 6.19. The highest BCUT2D eigenvalue weighted by Crippen LogP contribution is 2.75. The molecule has 0 aromatic heterocycles. The Morgan fingerprint density at radius 3 is 2.57 bits per heavy atom. The van der Waals surface area contributed by atoms with Gasteiger partial charge in [0.25, 0.3) is 0 Å². The molecule has 0 radical (unpaired) electrons. The average molecular weight is 190 g/mol. The summed E-state index contributed by atoms with van der Waals surface area (Å²) in [5.41, 5.74) is 3.06. The maximum atomic E-state index is 2.63. The molecule has 0 nitrogen and oxygen atoms in total. The highest BCUT2D eigenvalue weighted by atomic mass is 14.7. The van der Waals surface area contributed by atoms with Gasteiger partial charge >= 0.3 is 0 Å². The Labute approximate surface area is 87.8 Å². The summed E-state index contributed by atoms with van der Waals surface area (Å²) in [5.74, 6) is 2.73. The van der Waals surface area contributed by atoms with Crippen molar-refractivity contribution < 1.29 is 0 Å². The van der Waals surface area contributed by atoms with Gasteiger partial charge in [0.15, 0.2) is 0 Å². The highest BCUT2D eigenvalue weighted by Gasteiger charge is 2.67. The minimum absolute atomic E-state index is 0.661. The molecule has 4 bridgehead atoms. The van der Waals surface area contributed by atoms with Gasteiger partial charge in [0, 0.05) is 0 Å². The van der Waals surface area contributed by atoms with Gasteiger partial charge in [0.05, 0.1) is 0 Å². The largest absolute Gasteiger partial charge is 0.0811 e. The molecule has 3 rings (SSSR count). The molecule has 14 heavy (non-hydrogen) atoms. The van der Waals surface area contributed by atoms with E-state index in [1.807, 2.05) is 0 Å². The average Bonchev–Trinajstić information content (AvgIpc) is 2.63. The van der Waals surface area contributed by atoms with Crippen LogP contribution in [0.5, 0.6) is 0 Å². The lowest BCUT2D eigenvalue weighted by Crippen LogP contribution is -2.30. The van der Waals surface area contributed by atoms with Crippen LogP contribution in [-0.2, 0) is 0 Å². The Hall–Kier alpha value is -0.260. The second-order valence-electron chi connectivity index (χ2n) is 6.54. The van der Waals surface area contributed by atoms with E-state index >= 15 is 0 Å². The maximum Gasteiger partial charge on any atom is -0.0112 e. The van der Waals surface area contributed by atoms with Gasteiger partial charge in [0.1, 0.15) is 0 Å². The van der Waals surface area contributed by atoms with Crippen molar-refractivity contribution in [2.24, 2.45) is 28.6 Å². The molecule has 0 aromatic rings. The molecule has 3 aliphatic rings. The van der Waals surface area contributed by atoms with Crippen molar-refractivity contribution >= 4 is 0 Å². The molecule has 0 aromatic carbocycles. The lowest BCUT2D eigenvalue weighted by molar-refractivity contribution is 0.148. The summed E-state index contributed by atoms with van der Waals surface area (Å²) < 4.78 is 0. The second-order valence-corrected chi connectivity index (χ2v) is 6.54. The summed E-state index contributed by atoms with van der Waals surface area (Å²) >= 11 is 0. The van der Waals surface area contributed by atoms with Crippen LogP contribution in [-0.4, -0.2) is 0 Å². The first-order chi connectivity index (χ1) is 6.51. The topological polar surface area (TPSA) is 0 Å². The van der Waals surface area contributed by atoms with E-state index in [2.05, 4.69) is 33.8 Å². The number of hydrogen-bond donors (Lipinski definition) is 0. The second kappa shape index (κ2) is 2.28. The quantitative estimate of drug-likeness (QED) is 0.548. The van der Waals surface area contributed by atoms with Crippen molar-refractivity contribution in [1.82, 2.24) is 0 Å². The minimum Gasteiger partial charge on any atom is -0.0811 e. The molecule has 0 saturated heterocycles. The van der Waals surface area contributed by atoms with E-state index in [4.69, 9.17) is 0 Å². The van der Waals surface area contributed by atoms with Crippen molar-refractivity contribution in [2.75, 3.05) is 0 Å². The molecule has 0 amide bonds. The summed E-state index contributed by atoms with van der Waals surface area (Å²) in [4.78, 5) is 0. The van der Waals surface area contributed by atoms with Gasteiger partial charge in [-0.05, 0) is 54.8 Å². The van der Waals surface area contributed by atoms with Crippen molar-refractivity contribution in [2.45, 2.75) is 47.0 Å². The van der Waals surface area contributed by atoms with Gasteiger partial charge < -0.3 is 0 Å². The van der Waals surface area contributed by atoms with Gasteiger partial charge in [-0.2, -0.15) is 0 Å². The Morgan fingerprint density at radius 1 is 1.36 bits per heavy atom. The van der Waals surface area contributed by atoms with Crippen LogP contribution < -0.4 is 0 Å². The standard InChI is InChI=1S/C14H22/c1-9(2)14-6-5-13(4)11(8-14)10(3)7-12(13)14/h7,9,11-12H,5-6,8H2,1-4H3/t11-,12+,13-,14+/m1/s1. The zero-order valence-corrected chi connectivity index (χ0v) is 9.93. The minimum atomic E-state index is 0.661. The van der Waals surface area contributed by atoms with Crippen LogP contribution in [0.2, 0.25) is 0 Å². The summed E-state index contributed by atoms with van der Waals surface area (Å²) in [7, 11) is 0. The van der Waals surface area contributed by atoms with Crippen molar-refractivity contribution in [3.8, 4) is 0 Å². The fraction of sp³-hybridized carbons (Fsp3) is 0.857. The van der Waals surface area contributed by atoms with Crippen LogP contribution in [0.15, 0.2) is 11.6 Å². The molecule has 2 fully saturated rings. The van der Waals surface area contributed by atoms with Gasteiger partial charge in [0.2, 0.25) is 0 Å². The Balaban J connectivity index is 2.10. The van der Waals surface area contributed by atoms with Gasteiger partial charge in [-0.15, -0.1) is 0 Å². The summed E-state index contributed by atoms with van der Waals surface area (Å²) in [6.45, 7) is 9.79. The maximum absolute atomic E-state index is 2.63. The lowest BCUT2D eigenvalue weighted by atomic mass is 9.66. The van der Waals surface area contributed by atoms with Crippen molar-refractivity contribution in [1.29, 1.82) is 0 Å². The molecule has 0 unspecified atom stereocenters. The van der Waals surface area contributed by atoms with Crippen LogP contribution in [0.3, 0.4) is 0 Å². The smallest absolute Gasteiger partial charge is 0.0112 e. The molecule has 4 atom stereocenters. The van der Waals surface area contributed by atoms with E-state index in [-0.39, 0.29) is 0 Å². The van der Waals surface area contributed by atoms with Gasteiger partial charge in [-0.1, -0.05) is 32.4 Å². The van der Waals surface area contributed by atoms with Crippen molar-refractivity contribution in [3.63, 3.8) is 0 Å². The van der Waals surface area contributed by atoms with E-state index in [9.17, 15) is 0 Å². The fourth-order valence-corrected chi connectivity index (χ4v) is 5.00. The number of hydrogen-bond acceptors (Lipinski definition) is 0. The molecule has 0 aliphatic heterocycles. The monoisotopic (exact) mass is 190 g/mol. The van der Waals surface area contributed by atoms with E-state index in [1.54, 1.807) is 5.57 Å². The van der Waals surface area contributed by atoms with E-state index < -0.39 is 0 Å². The van der Waals surface area contributed by atoms with Crippen LogP contribution in [0, 0.1) is 28.6 Å². The zero-order valence-electron chi connectivity index (χ0n) is 9.93. The fourth-order valence-electron chi connectivity index (χ4n) is 5.00. The Kier molecular flexibility index (Phi) is 1.47. The highest BCUT2D eigenvalue weighted by molar-refractivity contribution is 5.33. The van der Waals surface area contributed by atoms with Gasteiger partial charge in [-0.25, -0.2) is 0 Å². The zero-order chi connectivity index (χ0) is 10.1. The van der Waals surface area contributed by atoms with Crippen LogP contribution in [0.4, 0.5) is 0 Å². The molecular formula is C14H22. The van der Waals surface area contributed by atoms with E-state index in [0.29, 0.717) is 10.8 Å². The SMILES string of the molecule is CC1=C[C@@H]2[C@@]3(C(C)C)CC[C@]2(C)[C@@H]1C3. The third-order valence-electron chi connectivity index (χ3n) is 5.97. The van der Waals surface area contributed by atoms with Gasteiger partial charge in [-0.3, -0.25) is 0 Å². The van der Waals surface area contributed by atoms with Crippen molar-refractivity contribution in [3.05, 3.63) is 11.6 Å². The van der Waals surface area contributed by atoms with Crippen LogP contribution in [0.25, 0.3) is 0 Å². The first kappa shape index (κ1) is 9.00. The van der Waals surface area contributed by atoms with E-state index in [1.165, 1.54) is 19.3 Å². The summed E-state index contributed by atoms with van der Waals surface area (Å²) in [5, 5.41) is 0. The number of allylic oxidation sites excluding steroid dienone is 2. The van der Waals surface area contributed by atoms with Crippen LogP contribution in [0.1, 0.15) is 47.0 Å². The molecule has 0 heteroatoms. The first-order valence-electron chi connectivity index (χ1n) is 6.19. The normalized spacial score (nSPS) is 54.5. The Bertz CT molecular complexity index is 312. The third-order valence-corrected chi connectivity index (χ3v) is 5.97. The third kappa shape index (κ3) is 0.708. The van der Waals surface area contributed by atoms with E-state index in [0.717, 1.165) is 17.8 Å². The Morgan fingerprint density at radius 2 is 2.07 bits per heavy atom. The lowest BCUT2D eigenvalue weighted by Gasteiger charge is -2.39. The molecular weight excluding hydrogens is 168 g/mol. The molecule has 78 valence electrons. The molecule has 0 heterocycles. The molecule has 2 saturated carbocycles. The number of rotatable bonds is 1. The summed E-state index contributed by atoms with van der Waals surface area (Å²) in [6, 6.07) is 0. The molecule has 3 aliphatic carbocycles. The molecule has 0 spiro atoms. The summed E-state index contributed by atoms with van der Waals surface area (Å²) in [6.07, 6.45) is 7.09. The molecule has 0 N–H and O–H groups in total. The predicted octanol–water partition coefficient (Wildman–Crippen LogP) is 4.02. The predicted molar refractivity (Wildman–Crippen MR) is 60.0 cm³/mol.